The highest BCUT2D eigenvalue weighted by Crippen LogP contribution is 2.44. The summed E-state index contributed by atoms with van der Waals surface area (Å²) in [4.78, 5) is 14.6. The summed E-state index contributed by atoms with van der Waals surface area (Å²) in [6.07, 6.45) is 16.8. The molecule has 3 unspecified atom stereocenters. The SMILES string of the molecule is Cc1cc(F)cc(C2C(CC(=O)O)CCCC2N(CC2CCCCC2)CC2CCCCC2)c1. The number of nitrogens with zero attached hydrogens (tertiary/aromatic N) is 1. The van der Waals surface area contributed by atoms with Crippen LogP contribution in [-0.2, 0) is 4.79 Å². The van der Waals surface area contributed by atoms with Gasteiger partial charge >= 0.3 is 5.97 Å². The van der Waals surface area contributed by atoms with Crippen LogP contribution in [0.4, 0.5) is 4.39 Å². The molecular weight excluding hydrogens is 413 g/mol. The minimum atomic E-state index is -0.718. The second kappa shape index (κ2) is 11.8. The summed E-state index contributed by atoms with van der Waals surface area (Å²) in [5.41, 5.74) is 1.97. The highest BCUT2D eigenvalue weighted by atomic mass is 19.1. The number of carboxylic acid groups (broad SMARTS) is 1. The molecule has 3 aliphatic rings. The molecule has 3 aliphatic carbocycles. The molecule has 0 aromatic heterocycles. The molecule has 0 aliphatic heterocycles. The average molecular weight is 458 g/mol. The van der Waals surface area contributed by atoms with E-state index in [-0.39, 0.29) is 24.1 Å². The van der Waals surface area contributed by atoms with Crippen LogP contribution in [0, 0.1) is 30.5 Å². The summed E-state index contributed by atoms with van der Waals surface area (Å²) >= 11 is 0. The average Bonchev–Trinajstić information content (AvgIpc) is 2.79. The van der Waals surface area contributed by atoms with E-state index in [9.17, 15) is 14.3 Å². The Bertz CT molecular complexity index is 729. The van der Waals surface area contributed by atoms with Crippen LogP contribution < -0.4 is 0 Å². The third kappa shape index (κ3) is 6.81. The molecule has 0 radical (unpaired) electrons. The first kappa shape index (κ1) is 24.7. The molecule has 1 aromatic rings. The van der Waals surface area contributed by atoms with Gasteiger partial charge in [0.1, 0.15) is 5.82 Å². The molecule has 0 amide bonds. The fourth-order valence-electron chi connectivity index (χ4n) is 7.32. The van der Waals surface area contributed by atoms with E-state index >= 15 is 0 Å². The van der Waals surface area contributed by atoms with Crippen LogP contribution in [0.3, 0.4) is 0 Å². The third-order valence-corrected chi connectivity index (χ3v) is 8.79. The van der Waals surface area contributed by atoms with Crippen LogP contribution in [0.2, 0.25) is 0 Å². The Hall–Kier alpha value is -1.42. The van der Waals surface area contributed by atoms with E-state index in [1.807, 2.05) is 6.92 Å². The van der Waals surface area contributed by atoms with Crippen LogP contribution in [0.15, 0.2) is 18.2 Å². The van der Waals surface area contributed by atoms with Crippen molar-refractivity contribution in [2.24, 2.45) is 17.8 Å². The van der Waals surface area contributed by atoms with Gasteiger partial charge in [0.2, 0.25) is 0 Å². The fourth-order valence-corrected chi connectivity index (χ4v) is 7.32. The van der Waals surface area contributed by atoms with Crippen LogP contribution in [0.1, 0.15) is 107 Å². The molecule has 3 fully saturated rings. The fraction of sp³-hybridized carbons (Fsp3) is 0.759. The minimum Gasteiger partial charge on any atom is -0.481 e. The first-order valence-electron chi connectivity index (χ1n) is 13.7. The Labute approximate surface area is 200 Å². The molecular formula is C29H44FNO2. The number of aryl methyl sites for hydroxylation is 1. The number of carboxylic acids is 1. The summed E-state index contributed by atoms with van der Waals surface area (Å²) in [6.45, 7) is 4.25. The van der Waals surface area contributed by atoms with Crippen molar-refractivity contribution in [3.8, 4) is 0 Å². The van der Waals surface area contributed by atoms with Crippen molar-refractivity contribution in [2.75, 3.05) is 13.1 Å². The van der Waals surface area contributed by atoms with E-state index in [2.05, 4.69) is 11.0 Å². The van der Waals surface area contributed by atoms with E-state index in [1.54, 1.807) is 12.1 Å². The summed E-state index contributed by atoms with van der Waals surface area (Å²) in [7, 11) is 0. The van der Waals surface area contributed by atoms with Crippen molar-refractivity contribution in [1.82, 2.24) is 4.90 Å². The zero-order valence-corrected chi connectivity index (χ0v) is 20.6. The van der Waals surface area contributed by atoms with E-state index in [0.717, 1.165) is 55.3 Å². The van der Waals surface area contributed by atoms with Gasteiger partial charge in [-0.25, -0.2) is 4.39 Å². The lowest BCUT2D eigenvalue weighted by atomic mass is 9.69. The van der Waals surface area contributed by atoms with Gasteiger partial charge in [0.15, 0.2) is 0 Å². The second-order valence-electron chi connectivity index (χ2n) is 11.4. The van der Waals surface area contributed by atoms with E-state index < -0.39 is 5.97 Å². The summed E-state index contributed by atoms with van der Waals surface area (Å²) in [5, 5.41) is 9.70. The van der Waals surface area contributed by atoms with Crippen LogP contribution in [0.25, 0.3) is 0 Å². The molecule has 184 valence electrons. The maximum absolute atomic E-state index is 14.5. The Balaban J connectivity index is 1.64. The van der Waals surface area contributed by atoms with Gasteiger partial charge in [-0.15, -0.1) is 0 Å². The number of aliphatic carboxylic acids is 1. The Kier molecular flexibility index (Phi) is 8.85. The summed E-state index contributed by atoms with van der Waals surface area (Å²) in [5.74, 6) is 0.813. The number of hydrogen-bond donors (Lipinski definition) is 1. The first-order valence-corrected chi connectivity index (χ1v) is 13.7. The molecule has 0 heterocycles. The highest BCUT2D eigenvalue weighted by molar-refractivity contribution is 5.67. The van der Waals surface area contributed by atoms with Crippen molar-refractivity contribution in [2.45, 2.75) is 109 Å². The predicted octanol–water partition coefficient (Wildman–Crippen LogP) is 7.32. The lowest BCUT2D eigenvalue weighted by Crippen LogP contribution is -2.49. The van der Waals surface area contributed by atoms with E-state index in [4.69, 9.17) is 0 Å². The van der Waals surface area contributed by atoms with Gasteiger partial charge < -0.3 is 5.11 Å². The number of halogens is 1. The largest absolute Gasteiger partial charge is 0.481 e. The van der Waals surface area contributed by atoms with Gasteiger partial charge in [0, 0.05) is 31.5 Å². The standard InChI is InChI=1S/C29H44FNO2/c1-21-15-25(17-26(30)16-21)29-24(18-28(32)33)13-8-14-27(29)31(19-22-9-4-2-5-10-22)20-23-11-6-3-7-12-23/h15-17,22-24,27,29H,2-14,18-20H2,1H3,(H,32,33). The monoisotopic (exact) mass is 457 g/mol. The molecule has 0 spiro atoms. The second-order valence-corrected chi connectivity index (χ2v) is 11.4. The lowest BCUT2D eigenvalue weighted by Gasteiger charge is -2.47. The van der Waals surface area contributed by atoms with Crippen molar-refractivity contribution >= 4 is 5.97 Å². The van der Waals surface area contributed by atoms with Crippen molar-refractivity contribution in [3.05, 3.63) is 35.1 Å². The Morgan fingerprint density at radius 1 is 0.879 bits per heavy atom. The Morgan fingerprint density at radius 3 is 2.03 bits per heavy atom. The number of rotatable bonds is 8. The molecule has 3 saturated carbocycles. The van der Waals surface area contributed by atoms with E-state index in [0.29, 0.717) is 6.04 Å². The van der Waals surface area contributed by atoms with Gasteiger partial charge in [-0.3, -0.25) is 9.69 Å². The smallest absolute Gasteiger partial charge is 0.303 e. The normalized spacial score (nSPS) is 27.7. The molecule has 0 bridgehead atoms. The molecule has 4 rings (SSSR count). The molecule has 3 nitrogen and oxygen atoms in total. The van der Waals surface area contributed by atoms with Gasteiger partial charge in [0.25, 0.3) is 0 Å². The highest BCUT2D eigenvalue weighted by Gasteiger charge is 2.40. The zero-order chi connectivity index (χ0) is 23.2. The summed E-state index contributed by atoms with van der Waals surface area (Å²) < 4.78 is 14.5. The number of hydrogen-bond acceptors (Lipinski definition) is 2. The molecule has 1 N–H and O–H groups in total. The van der Waals surface area contributed by atoms with Crippen molar-refractivity contribution < 1.29 is 14.3 Å². The molecule has 0 saturated heterocycles. The molecule has 1 aromatic carbocycles. The maximum atomic E-state index is 14.5. The van der Waals surface area contributed by atoms with Crippen LogP contribution in [-0.4, -0.2) is 35.1 Å². The third-order valence-electron chi connectivity index (χ3n) is 8.79. The van der Waals surface area contributed by atoms with Gasteiger partial charge in [-0.2, -0.15) is 0 Å². The van der Waals surface area contributed by atoms with Crippen molar-refractivity contribution in [3.63, 3.8) is 0 Å². The molecule has 4 heteroatoms. The van der Waals surface area contributed by atoms with Crippen molar-refractivity contribution in [1.29, 1.82) is 0 Å². The molecule has 33 heavy (non-hydrogen) atoms. The van der Waals surface area contributed by atoms with E-state index in [1.165, 1.54) is 64.2 Å². The van der Waals surface area contributed by atoms with Gasteiger partial charge in [-0.1, -0.05) is 51.0 Å². The quantitative estimate of drug-likeness (QED) is 0.444. The van der Waals surface area contributed by atoms with Crippen LogP contribution >= 0.6 is 0 Å². The molecule has 3 atom stereocenters. The van der Waals surface area contributed by atoms with Gasteiger partial charge in [0.05, 0.1) is 0 Å². The van der Waals surface area contributed by atoms with Gasteiger partial charge in [-0.05, 0) is 86.5 Å². The summed E-state index contributed by atoms with van der Waals surface area (Å²) in [6, 6.07) is 5.74. The number of carbonyl (C=O) groups is 1. The number of benzene rings is 1. The predicted molar refractivity (Wildman–Crippen MR) is 132 cm³/mol. The lowest BCUT2D eigenvalue weighted by molar-refractivity contribution is -0.138. The maximum Gasteiger partial charge on any atom is 0.303 e. The first-order chi connectivity index (χ1) is 16.0. The Morgan fingerprint density at radius 2 is 1.48 bits per heavy atom. The zero-order valence-electron chi connectivity index (χ0n) is 20.6. The van der Waals surface area contributed by atoms with Crippen LogP contribution in [0.5, 0.6) is 0 Å². The minimum absolute atomic E-state index is 0.0858. The topological polar surface area (TPSA) is 40.5 Å².